The van der Waals surface area contributed by atoms with Crippen molar-refractivity contribution in [3.8, 4) is 5.75 Å². The topological polar surface area (TPSA) is 47.6 Å². The maximum atomic E-state index is 12.3. The molecule has 0 saturated heterocycles. The van der Waals surface area contributed by atoms with Crippen molar-refractivity contribution in [1.82, 2.24) is 0 Å². The van der Waals surface area contributed by atoms with Crippen molar-refractivity contribution in [2.75, 3.05) is 12.4 Å². The lowest BCUT2D eigenvalue weighted by Crippen LogP contribution is -2.30. The van der Waals surface area contributed by atoms with Crippen LogP contribution >= 0.6 is 0 Å². The summed E-state index contributed by atoms with van der Waals surface area (Å²) in [6.07, 6.45) is -0.581. The van der Waals surface area contributed by atoms with Crippen molar-refractivity contribution >= 4 is 11.6 Å². The van der Waals surface area contributed by atoms with Crippen LogP contribution in [0.1, 0.15) is 23.6 Å². The van der Waals surface area contributed by atoms with E-state index in [9.17, 15) is 4.79 Å². The highest BCUT2D eigenvalue weighted by Crippen LogP contribution is 2.20. The summed E-state index contributed by atoms with van der Waals surface area (Å²) in [4.78, 5) is 12.3. The Morgan fingerprint density at radius 1 is 1.17 bits per heavy atom. The van der Waals surface area contributed by atoms with Crippen molar-refractivity contribution in [3.05, 3.63) is 59.2 Å². The van der Waals surface area contributed by atoms with Crippen molar-refractivity contribution < 1.29 is 14.3 Å². The van der Waals surface area contributed by atoms with Gasteiger partial charge in [0.1, 0.15) is 5.75 Å². The highest BCUT2D eigenvalue weighted by atomic mass is 16.5. The van der Waals surface area contributed by atoms with Crippen molar-refractivity contribution in [1.29, 1.82) is 0 Å². The lowest BCUT2D eigenvalue weighted by molar-refractivity contribution is -0.122. The Bertz CT molecular complexity index is 682. The van der Waals surface area contributed by atoms with Gasteiger partial charge in [0.15, 0.2) is 6.10 Å². The first-order valence-corrected chi connectivity index (χ1v) is 7.62. The summed E-state index contributed by atoms with van der Waals surface area (Å²) in [7, 11) is 1.64. The largest absolute Gasteiger partial charge is 0.481 e. The molecule has 0 unspecified atom stereocenters. The number of benzene rings is 2. The second-order valence-corrected chi connectivity index (χ2v) is 5.65. The van der Waals surface area contributed by atoms with Crippen LogP contribution < -0.4 is 10.1 Å². The Morgan fingerprint density at radius 3 is 2.65 bits per heavy atom. The minimum atomic E-state index is -0.581. The van der Waals surface area contributed by atoms with E-state index in [2.05, 4.69) is 5.32 Å². The number of aryl methyl sites for hydroxylation is 2. The third kappa shape index (κ3) is 4.83. The number of nitrogens with one attached hydrogen (secondary N) is 1. The van der Waals surface area contributed by atoms with E-state index < -0.39 is 6.10 Å². The molecule has 1 atom stereocenters. The first-order valence-electron chi connectivity index (χ1n) is 7.62. The molecule has 0 radical (unpaired) electrons. The molecule has 0 aromatic heterocycles. The molecule has 2 aromatic rings. The van der Waals surface area contributed by atoms with Crippen LogP contribution in [0.15, 0.2) is 42.5 Å². The molecule has 0 spiro atoms. The maximum absolute atomic E-state index is 12.3. The molecule has 0 aliphatic carbocycles. The van der Waals surface area contributed by atoms with Gasteiger partial charge in [-0.1, -0.05) is 29.8 Å². The molecule has 23 heavy (non-hydrogen) atoms. The van der Waals surface area contributed by atoms with Crippen LogP contribution in [0.5, 0.6) is 5.75 Å². The first kappa shape index (κ1) is 17.0. The molecular formula is C19H23NO3. The molecule has 0 bridgehead atoms. The molecule has 0 heterocycles. The van der Waals surface area contributed by atoms with Gasteiger partial charge in [-0.3, -0.25) is 4.79 Å². The van der Waals surface area contributed by atoms with E-state index in [1.165, 1.54) is 5.56 Å². The summed E-state index contributed by atoms with van der Waals surface area (Å²) in [6.45, 7) is 6.26. The Morgan fingerprint density at radius 2 is 1.96 bits per heavy atom. The Balaban J connectivity index is 2.01. The quantitative estimate of drug-likeness (QED) is 0.881. The van der Waals surface area contributed by atoms with E-state index in [4.69, 9.17) is 9.47 Å². The molecular weight excluding hydrogens is 290 g/mol. The number of methoxy groups -OCH3 is 1. The molecule has 0 fully saturated rings. The second-order valence-electron chi connectivity index (χ2n) is 5.65. The average Bonchev–Trinajstić information content (AvgIpc) is 2.50. The summed E-state index contributed by atoms with van der Waals surface area (Å²) in [5.74, 6) is 0.547. The summed E-state index contributed by atoms with van der Waals surface area (Å²) in [5.41, 5.74) is 3.93. The number of anilines is 1. The van der Waals surface area contributed by atoms with Gasteiger partial charge in [-0.2, -0.15) is 0 Å². The number of hydrogen-bond donors (Lipinski definition) is 1. The van der Waals surface area contributed by atoms with Gasteiger partial charge in [-0.25, -0.2) is 0 Å². The lowest BCUT2D eigenvalue weighted by Gasteiger charge is -2.17. The normalized spacial score (nSPS) is 11.8. The van der Waals surface area contributed by atoms with Crippen LogP contribution in [-0.4, -0.2) is 19.1 Å². The van der Waals surface area contributed by atoms with Crippen molar-refractivity contribution in [2.45, 2.75) is 33.5 Å². The van der Waals surface area contributed by atoms with Gasteiger partial charge in [-0.15, -0.1) is 0 Å². The first-order chi connectivity index (χ1) is 11.0. The highest BCUT2D eigenvalue weighted by molar-refractivity contribution is 5.94. The van der Waals surface area contributed by atoms with Crippen molar-refractivity contribution in [3.63, 3.8) is 0 Å². The average molecular weight is 313 g/mol. The number of carbonyl (C=O) groups is 1. The number of rotatable bonds is 6. The number of hydrogen-bond acceptors (Lipinski definition) is 3. The molecule has 1 amide bonds. The van der Waals surface area contributed by atoms with Gasteiger partial charge in [0, 0.05) is 12.8 Å². The standard InChI is InChI=1S/C19H23NO3/c1-13-8-9-18(14(2)10-13)23-15(3)19(21)20-17-7-5-6-16(11-17)12-22-4/h5-11,15H,12H2,1-4H3,(H,20,21)/t15-/m0/s1. The van der Waals surface area contributed by atoms with Crippen LogP contribution in [-0.2, 0) is 16.1 Å². The highest BCUT2D eigenvalue weighted by Gasteiger charge is 2.16. The maximum Gasteiger partial charge on any atom is 0.265 e. The molecule has 0 saturated carbocycles. The zero-order valence-corrected chi connectivity index (χ0v) is 14.1. The van der Waals surface area contributed by atoms with Gasteiger partial charge in [0.2, 0.25) is 0 Å². The summed E-state index contributed by atoms with van der Waals surface area (Å²) in [6, 6.07) is 13.5. The summed E-state index contributed by atoms with van der Waals surface area (Å²) in [5, 5.41) is 2.87. The van der Waals surface area contributed by atoms with Crippen molar-refractivity contribution in [2.24, 2.45) is 0 Å². The fourth-order valence-corrected chi connectivity index (χ4v) is 2.32. The molecule has 4 heteroatoms. The van der Waals surface area contributed by atoms with Crippen LogP contribution in [0.2, 0.25) is 0 Å². The zero-order valence-electron chi connectivity index (χ0n) is 14.1. The SMILES string of the molecule is COCc1cccc(NC(=O)[C@H](C)Oc2ccc(C)cc2C)c1. The van der Waals surface area contributed by atoms with Crippen LogP contribution in [0.3, 0.4) is 0 Å². The van der Waals surface area contributed by atoms with E-state index in [1.54, 1.807) is 14.0 Å². The van der Waals surface area contributed by atoms with Gasteiger partial charge < -0.3 is 14.8 Å². The Hall–Kier alpha value is -2.33. The lowest BCUT2D eigenvalue weighted by atomic mass is 10.1. The fourth-order valence-electron chi connectivity index (χ4n) is 2.32. The van der Waals surface area contributed by atoms with Crippen LogP contribution in [0.25, 0.3) is 0 Å². The fraction of sp³-hybridized carbons (Fsp3) is 0.316. The molecule has 2 rings (SSSR count). The van der Waals surface area contributed by atoms with E-state index in [0.29, 0.717) is 6.61 Å². The molecule has 4 nitrogen and oxygen atoms in total. The van der Waals surface area contributed by atoms with E-state index in [1.807, 2.05) is 56.3 Å². The van der Waals surface area contributed by atoms with Crippen LogP contribution in [0.4, 0.5) is 5.69 Å². The summed E-state index contributed by atoms with van der Waals surface area (Å²) >= 11 is 0. The third-order valence-corrected chi connectivity index (χ3v) is 3.51. The predicted octanol–water partition coefficient (Wildman–Crippen LogP) is 3.86. The molecule has 2 aromatic carbocycles. The predicted molar refractivity (Wildman–Crippen MR) is 91.8 cm³/mol. The van der Waals surface area contributed by atoms with E-state index in [0.717, 1.165) is 22.6 Å². The molecule has 1 N–H and O–H groups in total. The van der Waals surface area contributed by atoms with E-state index in [-0.39, 0.29) is 5.91 Å². The smallest absolute Gasteiger partial charge is 0.265 e. The molecule has 0 aliphatic rings. The number of amides is 1. The second kappa shape index (κ2) is 7.79. The van der Waals surface area contributed by atoms with Gasteiger partial charge in [0.25, 0.3) is 5.91 Å². The molecule has 0 aliphatic heterocycles. The number of carbonyl (C=O) groups excluding carboxylic acids is 1. The van der Waals surface area contributed by atoms with E-state index >= 15 is 0 Å². The van der Waals surface area contributed by atoms with Crippen LogP contribution in [0, 0.1) is 13.8 Å². The monoisotopic (exact) mass is 313 g/mol. The van der Waals surface area contributed by atoms with Gasteiger partial charge in [0.05, 0.1) is 6.61 Å². The summed E-state index contributed by atoms with van der Waals surface area (Å²) < 4.78 is 10.9. The minimum absolute atomic E-state index is 0.181. The number of ether oxygens (including phenoxy) is 2. The molecule has 122 valence electrons. The Labute approximate surface area is 137 Å². The zero-order chi connectivity index (χ0) is 16.8. The Kier molecular flexibility index (Phi) is 5.77. The third-order valence-electron chi connectivity index (χ3n) is 3.51. The minimum Gasteiger partial charge on any atom is -0.481 e. The van der Waals surface area contributed by atoms with Gasteiger partial charge >= 0.3 is 0 Å². The van der Waals surface area contributed by atoms with Gasteiger partial charge in [-0.05, 0) is 50.1 Å².